The Morgan fingerprint density at radius 3 is 2.35 bits per heavy atom. The number of para-hydroxylation sites is 1. The van der Waals surface area contributed by atoms with Crippen LogP contribution in [-0.4, -0.2) is 18.1 Å². The summed E-state index contributed by atoms with van der Waals surface area (Å²) < 4.78 is 0. The van der Waals surface area contributed by atoms with Crippen molar-refractivity contribution >= 4 is 11.7 Å². The van der Waals surface area contributed by atoms with Crippen LogP contribution in [-0.2, 0) is 4.79 Å². The molecule has 1 aromatic carbocycles. The third-order valence-electron chi connectivity index (χ3n) is 2.57. The molecule has 0 aliphatic carbocycles. The Morgan fingerprint density at radius 2 is 1.88 bits per heavy atom. The highest BCUT2D eigenvalue weighted by atomic mass is 16.4. The van der Waals surface area contributed by atoms with E-state index in [4.69, 9.17) is 5.11 Å². The second kappa shape index (κ2) is 5.34. The first-order chi connectivity index (χ1) is 7.93. The van der Waals surface area contributed by atoms with Gasteiger partial charge in [-0.1, -0.05) is 24.8 Å². The number of nitrogens with zero attached hydrogens (tertiary/aromatic N) is 1. The molecule has 0 aliphatic rings. The first kappa shape index (κ1) is 13.0. The Balaban J connectivity index is 2.94. The highest BCUT2D eigenvalue weighted by Gasteiger charge is 2.05. The highest BCUT2D eigenvalue weighted by molar-refractivity contribution is 5.89. The van der Waals surface area contributed by atoms with E-state index >= 15 is 0 Å². The Hall–Kier alpha value is -2.03. The molecule has 0 radical (unpaired) electrons. The largest absolute Gasteiger partial charge is 0.478 e. The molecular formula is C14H17NO2. The number of hydrogen-bond acceptors (Lipinski definition) is 2. The van der Waals surface area contributed by atoms with Gasteiger partial charge in [-0.15, -0.1) is 0 Å². The minimum Gasteiger partial charge on any atom is -0.478 e. The number of carbonyl (C=O) groups is 1. The molecule has 90 valence electrons. The summed E-state index contributed by atoms with van der Waals surface area (Å²) in [6.45, 7) is 7.50. The van der Waals surface area contributed by atoms with Crippen LogP contribution in [0.15, 0.2) is 42.6 Å². The minimum absolute atomic E-state index is 0.0723. The molecule has 3 nitrogen and oxygen atoms in total. The topological polar surface area (TPSA) is 40.5 Å². The van der Waals surface area contributed by atoms with E-state index in [9.17, 15) is 4.79 Å². The van der Waals surface area contributed by atoms with E-state index in [1.807, 2.05) is 44.0 Å². The molecule has 0 saturated heterocycles. The van der Waals surface area contributed by atoms with Crippen LogP contribution >= 0.6 is 0 Å². The van der Waals surface area contributed by atoms with E-state index in [1.54, 1.807) is 6.20 Å². The van der Waals surface area contributed by atoms with Gasteiger partial charge in [-0.3, -0.25) is 0 Å². The molecule has 0 saturated carbocycles. The van der Waals surface area contributed by atoms with Gasteiger partial charge in [0.2, 0.25) is 0 Å². The maximum Gasteiger partial charge on any atom is 0.335 e. The Kier molecular flexibility index (Phi) is 4.10. The summed E-state index contributed by atoms with van der Waals surface area (Å²) in [5.74, 6) is -1.00. The van der Waals surface area contributed by atoms with Crippen LogP contribution in [0.2, 0.25) is 0 Å². The van der Waals surface area contributed by atoms with E-state index in [1.165, 1.54) is 6.08 Å². The lowest BCUT2D eigenvalue weighted by atomic mass is 10.1. The van der Waals surface area contributed by atoms with Crippen LogP contribution in [0.3, 0.4) is 0 Å². The molecule has 1 N–H and O–H groups in total. The van der Waals surface area contributed by atoms with E-state index in [0.717, 1.165) is 16.8 Å². The lowest BCUT2D eigenvalue weighted by molar-refractivity contribution is -0.132. The maximum absolute atomic E-state index is 10.6. The molecule has 1 aromatic rings. The average Bonchev–Trinajstić information content (AvgIpc) is 2.25. The summed E-state index contributed by atoms with van der Waals surface area (Å²) in [6, 6.07) is 6.05. The Morgan fingerprint density at radius 1 is 1.35 bits per heavy atom. The van der Waals surface area contributed by atoms with Crippen LogP contribution in [0.5, 0.6) is 0 Å². The highest BCUT2D eigenvalue weighted by Crippen LogP contribution is 2.23. The van der Waals surface area contributed by atoms with Gasteiger partial charge in [0, 0.05) is 18.9 Å². The van der Waals surface area contributed by atoms with Gasteiger partial charge in [0.1, 0.15) is 0 Å². The summed E-state index contributed by atoms with van der Waals surface area (Å²) in [7, 11) is 1.89. The summed E-state index contributed by atoms with van der Waals surface area (Å²) in [5, 5.41) is 8.71. The lowest BCUT2D eigenvalue weighted by Crippen LogP contribution is -2.11. The van der Waals surface area contributed by atoms with Crippen molar-refractivity contribution in [2.45, 2.75) is 13.8 Å². The van der Waals surface area contributed by atoms with Crippen molar-refractivity contribution < 1.29 is 9.90 Å². The third-order valence-corrected chi connectivity index (χ3v) is 2.57. The molecule has 0 bridgehead atoms. The van der Waals surface area contributed by atoms with Crippen LogP contribution in [0.25, 0.3) is 0 Å². The van der Waals surface area contributed by atoms with Gasteiger partial charge in [0.25, 0.3) is 0 Å². The summed E-state index contributed by atoms with van der Waals surface area (Å²) in [6.07, 6.45) is 3.21. The second-order valence-corrected chi connectivity index (χ2v) is 4.00. The number of anilines is 1. The van der Waals surface area contributed by atoms with Gasteiger partial charge < -0.3 is 10.0 Å². The number of carboxylic acid groups (broad SMARTS) is 1. The number of carboxylic acids is 1. The van der Waals surface area contributed by atoms with Gasteiger partial charge >= 0.3 is 5.97 Å². The fourth-order valence-electron chi connectivity index (χ4n) is 1.71. The SMILES string of the molecule is C=C(/C=C\N(C)c1c(C)cccc1C)C(=O)O. The van der Waals surface area contributed by atoms with E-state index in [2.05, 4.69) is 6.58 Å². The van der Waals surface area contributed by atoms with Crippen molar-refractivity contribution in [2.75, 3.05) is 11.9 Å². The van der Waals surface area contributed by atoms with Crippen molar-refractivity contribution in [3.05, 3.63) is 53.8 Å². The van der Waals surface area contributed by atoms with Crippen molar-refractivity contribution in [1.29, 1.82) is 0 Å². The molecule has 0 heterocycles. The molecule has 17 heavy (non-hydrogen) atoms. The Bertz CT molecular complexity index is 455. The molecule has 0 amide bonds. The normalized spacial score (nSPS) is 10.5. The fraction of sp³-hybridized carbons (Fsp3) is 0.214. The predicted molar refractivity (Wildman–Crippen MR) is 70.2 cm³/mol. The minimum atomic E-state index is -1.00. The van der Waals surface area contributed by atoms with Crippen molar-refractivity contribution in [2.24, 2.45) is 0 Å². The van der Waals surface area contributed by atoms with Crippen LogP contribution in [0.4, 0.5) is 5.69 Å². The second-order valence-electron chi connectivity index (χ2n) is 4.00. The maximum atomic E-state index is 10.6. The summed E-state index contributed by atoms with van der Waals surface area (Å²) in [4.78, 5) is 12.5. The smallest absolute Gasteiger partial charge is 0.335 e. The average molecular weight is 231 g/mol. The molecule has 0 atom stereocenters. The predicted octanol–water partition coefficient (Wildman–Crippen LogP) is 2.89. The molecule has 0 aromatic heterocycles. The number of hydrogen-bond donors (Lipinski definition) is 1. The third kappa shape index (κ3) is 3.21. The zero-order valence-corrected chi connectivity index (χ0v) is 10.4. The van der Waals surface area contributed by atoms with E-state index in [0.29, 0.717) is 0 Å². The van der Waals surface area contributed by atoms with Gasteiger partial charge in [-0.2, -0.15) is 0 Å². The fourth-order valence-corrected chi connectivity index (χ4v) is 1.71. The summed E-state index contributed by atoms with van der Waals surface area (Å²) >= 11 is 0. The number of aliphatic carboxylic acids is 1. The Labute approximate surface area is 102 Å². The quantitative estimate of drug-likeness (QED) is 0.640. The number of rotatable bonds is 4. The molecule has 0 spiro atoms. The first-order valence-electron chi connectivity index (χ1n) is 5.33. The van der Waals surface area contributed by atoms with Crippen LogP contribution < -0.4 is 4.90 Å². The molecule has 3 heteroatoms. The molecule has 0 unspecified atom stereocenters. The van der Waals surface area contributed by atoms with Gasteiger partial charge in [-0.05, 0) is 31.1 Å². The molecule has 0 aliphatic heterocycles. The van der Waals surface area contributed by atoms with Crippen molar-refractivity contribution in [1.82, 2.24) is 0 Å². The van der Waals surface area contributed by atoms with Gasteiger partial charge in [-0.25, -0.2) is 4.79 Å². The molecular weight excluding hydrogens is 214 g/mol. The van der Waals surface area contributed by atoms with E-state index < -0.39 is 5.97 Å². The monoisotopic (exact) mass is 231 g/mol. The number of benzene rings is 1. The van der Waals surface area contributed by atoms with Crippen molar-refractivity contribution in [3.63, 3.8) is 0 Å². The standard InChI is InChI=1S/C14H17NO2/c1-10-6-5-7-11(2)13(10)15(4)9-8-12(3)14(16)17/h5-9H,3H2,1-2,4H3,(H,16,17)/b9-8-. The van der Waals surface area contributed by atoms with Crippen LogP contribution in [0.1, 0.15) is 11.1 Å². The zero-order chi connectivity index (χ0) is 13.0. The first-order valence-corrected chi connectivity index (χ1v) is 5.33. The van der Waals surface area contributed by atoms with Gasteiger partial charge in [0.05, 0.1) is 5.57 Å². The molecule has 1 rings (SSSR count). The summed E-state index contributed by atoms with van der Waals surface area (Å²) in [5.41, 5.74) is 3.46. The van der Waals surface area contributed by atoms with Crippen molar-refractivity contribution in [3.8, 4) is 0 Å². The van der Waals surface area contributed by atoms with Crippen LogP contribution in [0, 0.1) is 13.8 Å². The van der Waals surface area contributed by atoms with Gasteiger partial charge in [0.15, 0.2) is 0 Å². The van der Waals surface area contributed by atoms with E-state index in [-0.39, 0.29) is 5.57 Å². The number of aryl methyl sites for hydroxylation is 2. The zero-order valence-electron chi connectivity index (χ0n) is 10.4. The lowest BCUT2D eigenvalue weighted by Gasteiger charge is -2.19. The molecule has 0 fully saturated rings.